The summed E-state index contributed by atoms with van der Waals surface area (Å²) < 4.78 is 5.62. The highest BCUT2D eigenvalue weighted by atomic mass is 32.1. The number of aryl methyl sites for hydroxylation is 2. The Morgan fingerprint density at radius 2 is 2.43 bits per heavy atom. The molecule has 0 spiro atoms. The van der Waals surface area contributed by atoms with Crippen LogP contribution in [0.5, 0.6) is 0 Å². The Bertz CT molecular complexity index is 603. The van der Waals surface area contributed by atoms with Crippen LogP contribution < -0.4 is 5.32 Å². The number of likely N-dealkylation sites (tertiary alicyclic amines) is 1. The summed E-state index contributed by atoms with van der Waals surface area (Å²) in [4.78, 5) is 22.9. The van der Waals surface area contributed by atoms with Gasteiger partial charge in [0.15, 0.2) is 5.13 Å². The number of hydrogen-bond acceptors (Lipinski definition) is 6. The molecule has 0 bridgehead atoms. The van der Waals surface area contributed by atoms with Crippen LogP contribution >= 0.6 is 11.3 Å². The number of rotatable bonds is 4. The molecule has 2 aromatic rings. The maximum atomic E-state index is 12.3. The minimum absolute atomic E-state index is 0.00227. The molecular formula is C14H18N4O2S. The molecule has 112 valence electrons. The Morgan fingerprint density at radius 3 is 3.10 bits per heavy atom. The van der Waals surface area contributed by atoms with Crippen LogP contribution in [0.15, 0.2) is 16.0 Å². The lowest BCUT2D eigenvalue weighted by molar-refractivity contribution is -0.120. The first-order chi connectivity index (χ1) is 10.1. The van der Waals surface area contributed by atoms with Gasteiger partial charge in [-0.3, -0.25) is 9.69 Å². The number of aromatic nitrogens is 2. The molecule has 1 aliphatic heterocycles. The SMILES string of the molecule is Cc1nc(CN2CCC[C@@H]2C(=O)Nc2nccs2)oc1C. The molecule has 0 saturated carbocycles. The van der Waals surface area contributed by atoms with Gasteiger partial charge in [-0.25, -0.2) is 9.97 Å². The Labute approximate surface area is 127 Å². The van der Waals surface area contributed by atoms with E-state index in [1.807, 2.05) is 19.2 Å². The third kappa shape index (κ3) is 3.14. The lowest BCUT2D eigenvalue weighted by atomic mass is 10.2. The Balaban J connectivity index is 1.66. The van der Waals surface area contributed by atoms with E-state index in [-0.39, 0.29) is 11.9 Å². The number of carbonyl (C=O) groups excluding carboxylic acids is 1. The van der Waals surface area contributed by atoms with E-state index in [0.717, 1.165) is 30.8 Å². The average Bonchev–Trinajstić information content (AvgIpc) is 3.14. The van der Waals surface area contributed by atoms with Crippen molar-refractivity contribution in [2.45, 2.75) is 39.3 Å². The molecule has 1 N–H and O–H groups in total. The maximum absolute atomic E-state index is 12.3. The second-order valence-electron chi connectivity index (χ2n) is 5.20. The molecule has 2 aromatic heterocycles. The van der Waals surface area contributed by atoms with Crippen molar-refractivity contribution in [2.24, 2.45) is 0 Å². The summed E-state index contributed by atoms with van der Waals surface area (Å²) >= 11 is 1.43. The summed E-state index contributed by atoms with van der Waals surface area (Å²) in [5.74, 6) is 1.52. The van der Waals surface area contributed by atoms with Crippen LogP contribution in [0.4, 0.5) is 5.13 Å². The van der Waals surface area contributed by atoms with Gasteiger partial charge in [-0.15, -0.1) is 11.3 Å². The number of carbonyl (C=O) groups is 1. The minimum Gasteiger partial charge on any atom is -0.444 e. The smallest absolute Gasteiger partial charge is 0.243 e. The molecule has 3 heterocycles. The molecule has 1 fully saturated rings. The van der Waals surface area contributed by atoms with Crippen LogP contribution in [0.25, 0.3) is 0 Å². The van der Waals surface area contributed by atoms with Crippen LogP contribution in [-0.4, -0.2) is 33.4 Å². The van der Waals surface area contributed by atoms with Gasteiger partial charge in [0, 0.05) is 11.6 Å². The first-order valence-electron chi connectivity index (χ1n) is 7.01. The van der Waals surface area contributed by atoms with Gasteiger partial charge in [-0.2, -0.15) is 0 Å². The number of oxazole rings is 1. The third-order valence-electron chi connectivity index (χ3n) is 3.74. The second-order valence-corrected chi connectivity index (χ2v) is 6.10. The quantitative estimate of drug-likeness (QED) is 0.939. The van der Waals surface area contributed by atoms with Gasteiger partial charge in [0.1, 0.15) is 5.76 Å². The second kappa shape index (κ2) is 5.95. The topological polar surface area (TPSA) is 71.3 Å². The minimum atomic E-state index is -0.138. The molecule has 0 radical (unpaired) electrons. The molecule has 1 atom stereocenters. The Kier molecular flexibility index (Phi) is 4.03. The zero-order chi connectivity index (χ0) is 14.8. The van der Waals surface area contributed by atoms with E-state index in [0.29, 0.717) is 17.6 Å². The molecular weight excluding hydrogens is 288 g/mol. The van der Waals surface area contributed by atoms with Crippen molar-refractivity contribution in [2.75, 3.05) is 11.9 Å². The van der Waals surface area contributed by atoms with Crippen LogP contribution in [0, 0.1) is 13.8 Å². The van der Waals surface area contributed by atoms with Crippen molar-refractivity contribution >= 4 is 22.4 Å². The fourth-order valence-corrected chi connectivity index (χ4v) is 3.10. The zero-order valence-corrected chi connectivity index (χ0v) is 12.9. The van der Waals surface area contributed by atoms with Crippen molar-refractivity contribution in [3.05, 3.63) is 28.9 Å². The predicted octanol–water partition coefficient (Wildman–Crippen LogP) is 2.35. The van der Waals surface area contributed by atoms with Gasteiger partial charge in [0.25, 0.3) is 0 Å². The number of anilines is 1. The van der Waals surface area contributed by atoms with Crippen LogP contribution in [0.1, 0.15) is 30.2 Å². The highest BCUT2D eigenvalue weighted by molar-refractivity contribution is 7.13. The molecule has 1 saturated heterocycles. The number of thiazole rings is 1. The summed E-state index contributed by atoms with van der Waals surface area (Å²) in [6, 6.07) is -0.138. The lowest BCUT2D eigenvalue weighted by Crippen LogP contribution is -2.39. The molecule has 0 aromatic carbocycles. The highest BCUT2D eigenvalue weighted by Gasteiger charge is 2.32. The number of nitrogens with zero attached hydrogens (tertiary/aromatic N) is 3. The fraction of sp³-hybridized carbons (Fsp3) is 0.500. The number of nitrogens with one attached hydrogen (secondary N) is 1. The summed E-state index contributed by atoms with van der Waals surface area (Å²) in [7, 11) is 0. The first kappa shape index (κ1) is 14.2. The molecule has 1 amide bonds. The van der Waals surface area contributed by atoms with Crippen molar-refractivity contribution in [1.29, 1.82) is 0 Å². The number of hydrogen-bond donors (Lipinski definition) is 1. The van der Waals surface area contributed by atoms with Crippen molar-refractivity contribution in [3.8, 4) is 0 Å². The van der Waals surface area contributed by atoms with E-state index in [2.05, 4.69) is 20.2 Å². The standard InChI is InChI=1S/C14H18N4O2S/c1-9-10(2)20-12(16-9)8-18-6-3-4-11(18)13(19)17-14-15-5-7-21-14/h5,7,11H,3-4,6,8H2,1-2H3,(H,15,17,19)/t11-/m1/s1. The molecule has 1 aliphatic rings. The summed E-state index contributed by atoms with van der Waals surface area (Å²) in [6.07, 6.45) is 3.55. The van der Waals surface area contributed by atoms with Gasteiger partial charge < -0.3 is 9.73 Å². The van der Waals surface area contributed by atoms with E-state index in [9.17, 15) is 4.79 Å². The predicted molar refractivity (Wildman–Crippen MR) is 80.2 cm³/mol. The van der Waals surface area contributed by atoms with E-state index in [1.165, 1.54) is 11.3 Å². The Morgan fingerprint density at radius 1 is 1.57 bits per heavy atom. The van der Waals surface area contributed by atoms with E-state index >= 15 is 0 Å². The van der Waals surface area contributed by atoms with Crippen molar-refractivity contribution < 1.29 is 9.21 Å². The van der Waals surface area contributed by atoms with E-state index < -0.39 is 0 Å². The third-order valence-corrected chi connectivity index (χ3v) is 4.43. The molecule has 7 heteroatoms. The van der Waals surface area contributed by atoms with Crippen LogP contribution in [0.2, 0.25) is 0 Å². The molecule has 0 unspecified atom stereocenters. The number of amides is 1. The maximum Gasteiger partial charge on any atom is 0.243 e. The van der Waals surface area contributed by atoms with E-state index in [4.69, 9.17) is 4.42 Å². The molecule has 3 rings (SSSR count). The van der Waals surface area contributed by atoms with Gasteiger partial charge in [-0.05, 0) is 33.2 Å². The average molecular weight is 306 g/mol. The van der Waals surface area contributed by atoms with E-state index in [1.54, 1.807) is 6.20 Å². The summed E-state index contributed by atoms with van der Waals surface area (Å²) in [5.41, 5.74) is 0.910. The lowest BCUT2D eigenvalue weighted by Gasteiger charge is -2.21. The largest absolute Gasteiger partial charge is 0.444 e. The Hall–Kier alpha value is -1.73. The van der Waals surface area contributed by atoms with Crippen LogP contribution in [0.3, 0.4) is 0 Å². The van der Waals surface area contributed by atoms with Gasteiger partial charge >= 0.3 is 0 Å². The highest BCUT2D eigenvalue weighted by Crippen LogP contribution is 2.22. The van der Waals surface area contributed by atoms with Crippen molar-refractivity contribution in [3.63, 3.8) is 0 Å². The van der Waals surface area contributed by atoms with Gasteiger partial charge in [0.05, 0.1) is 18.3 Å². The first-order valence-corrected chi connectivity index (χ1v) is 7.89. The van der Waals surface area contributed by atoms with Crippen molar-refractivity contribution in [1.82, 2.24) is 14.9 Å². The normalized spacial score (nSPS) is 19.0. The van der Waals surface area contributed by atoms with Crippen LogP contribution in [-0.2, 0) is 11.3 Å². The zero-order valence-electron chi connectivity index (χ0n) is 12.1. The summed E-state index contributed by atoms with van der Waals surface area (Å²) in [6.45, 7) is 5.29. The molecule has 0 aliphatic carbocycles. The fourth-order valence-electron chi connectivity index (χ4n) is 2.57. The van der Waals surface area contributed by atoms with Gasteiger partial charge in [0.2, 0.25) is 11.8 Å². The molecule has 21 heavy (non-hydrogen) atoms. The van der Waals surface area contributed by atoms with Gasteiger partial charge in [-0.1, -0.05) is 0 Å². The summed E-state index contributed by atoms with van der Waals surface area (Å²) in [5, 5.41) is 5.37. The molecule has 6 nitrogen and oxygen atoms in total. The monoisotopic (exact) mass is 306 g/mol.